The number of likely N-dealkylation sites (tertiary alicyclic amines) is 1. The van der Waals surface area contributed by atoms with Crippen molar-refractivity contribution in [3.63, 3.8) is 0 Å². The van der Waals surface area contributed by atoms with Gasteiger partial charge in [0.25, 0.3) is 0 Å². The van der Waals surface area contributed by atoms with Gasteiger partial charge in [0.1, 0.15) is 23.2 Å². The molecule has 4 rings (SSSR count). The van der Waals surface area contributed by atoms with Crippen molar-refractivity contribution in [2.24, 2.45) is 0 Å². The Morgan fingerprint density at radius 2 is 2.00 bits per heavy atom. The number of alkyl halides is 3. The number of hydrogen-bond donors (Lipinski definition) is 3. The number of allylic oxidation sites excluding steroid dienone is 1. The molecule has 2 aromatic rings. The smallest absolute Gasteiger partial charge is 0.339 e. The monoisotopic (exact) mass is 443 g/mol. The highest BCUT2D eigenvalue weighted by Gasteiger charge is 2.34. The van der Waals surface area contributed by atoms with Crippen molar-refractivity contribution in [2.45, 2.75) is 32.0 Å². The molecule has 0 radical (unpaired) electrons. The van der Waals surface area contributed by atoms with Crippen LogP contribution in [0.3, 0.4) is 0 Å². The van der Waals surface area contributed by atoms with E-state index in [1.165, 1.54) is 6.92 Å². The fraction of sp³-hybridized carbons (Fsp3) is 0.333. The molecule has 2 aliphatic heterocycles. The maximum Gasteiger partial charge on any atom is 0.433 e. The second-order valence-electron chi connectivity index (χ2n) is 7.72. The van der Waals surface area contributed by atoms with Gasteiger partial charge in [0.2, 0.25) is 5.91 Å². The molecule has 8 nitrogen and oxygen atoms in total. The first-order chi connectivity index (χ1) is 15.2. The molecule has 11 heteroatoms. The van der Waals surface area contributed by atoms with Crippen LogP contribution in [0.5, 0.6) is 0 Å². The summed E-state index contributed by atoms with van der Waals surface area (Å²) < 4.78 is 39.4. The van der Waals surface area contributed by atoms with Gasteiger partial charge in [-0.05, 0) is 57.6 Å². The average molecular weight is 443 g/mol. The Labute approximate surface area is 182 Å². The van der Waals surface area contributed by atoms with Crippen molar-refractivity contribution < 1.29 is 18.0 Å². The zero-order chi connectivity index (χ0) is 23.0. The lowest BCUT2D eigenvalue weighted by Crippen LogP contribution is -2.37. The summed E-state index contributed by atoms with van der Waals surface area (Å²) in [6.45, 7) is 2.27. The number of aryl methyl sites for hydroxylation is 1. The SMILES string of the molecule is Cc1cc(C(F)(F)F)nc(C(C#N)=C2Nc3ccc(NC(=O)[C@@H]4CCCN4C)cc3N2)n1. The zero-order valence-electron chi connectivity index (χ0n) is 17.3. The molecule has 3 heterocycles. The number of nitriles is 1. The molecule has 1 amide bonds. The summed E-state index contributed by atoms with van der Waals surface area (Å²) in [7, 11) is 1.91. The first-order valence-electron chi connectivity index (χ1n) is 9.92. The fourth-order valence-electron chi connectivity index (χ4n) is 3.77. The van der Waals surface area contributed by atoms with Gasteiger partial charge in [-0.25, -0.2) is 9.97 Å². The van der Waals surface area contributed by atoms with Crippen LogP contribution in [0.1, 0.15) is 30.1 Å². The molecule has 1 aromatic heterocycles. The Balaban J connectivity index is 1.59. The predicted octanol–water partition coefficient (Wildman–Crippen LogP) is 3.57. The van der Waals surface area contributed by atoms with Crippen LogP contribution in [0.15, 0.2) is 30.1 Å². The number of fused-ring (bicyclic) bond motifs is 1. The van der Waals surface area contributed by atoms with E-state index in [2.05, 4.69) is 25.9 Å². The summed E-state index contributed by atoms with van der Waals surface area (Å²) in [6, 6.07) is 7.62. The average Bonchev–Trinajstić information content (AvgIpc) is 3.33. The Morgan fingerprint density at radius 1 is 1.25 bits per heavy atom. The maximum atomic E-state index is 13.1. The molecule has 0 saturated carbocycles. The van der Waals surface area contributed by atoms with Gasteiger partial charge in [0, 0.05) is 11.4 Å². The van der Waals surface area contributed by atoms with Crippen LogP contribution in [0.4, 0.5) is 30.2 Å². The van der Waals surface area contributed by atoms with Crippen LogP contribution >= 0.6 is 0 Å². The standard InChI is InChI=1S/C21H20F3N7O/c1-11-8-17(21(22,23)24)30-18(26-11)13(10-25)19-28-14-6-5-12(9-15(14)29-19)27-20(32)16-4-3-7-31(16)2/h5-6,8-9,16,28-29H,3-4,7H2,1-2H3,(H,27,32)/t16-/m0/s1. The largest absolute Gasteiger partial charge is 0.433 e. The molecule has 0 unspecified atom stereocenters. The lowest BCUT2D eigenvalue weighted by atomic mass is 10.2. The molecule has 2 aliphatic rings. The van der Waals surface area contributed by atoms with Crippen molar-refractivity contribution in [3.8, 4) is 6.07 Å². The van der Waals surface area contributed by atoms with E-state index < -0.39 is 11.9 Å². The molecule has 1 saturated heterocycles. The third-order valence-electron chi connectivity index (χ3n) is 5.36. The molecule has 0 aliphatic carbocycles. The third-order valence-corrected chi connectivity index (χ3v) is 5.36. The Hall–Kier alpha value is -3.65. The molecular weight excluding hydrogens is 423 g/mol. The first kappa shape index (κ1) is 21.6. The van der Waals surface area contributed by atoms with Gasteiger partial charge >= 0.3 is 6.18 Å². The molecular formula is C21H20F3N7O. The third kappa shape index (κ3) is 4.22. The second-order valence-corrected chi connectivity index (χ2v) is 7.72. The van der Waals surface area contributed by atoms with Gasteiger partial charge in [-0.2, -0.15) is 18.4 Å². The number of likely N-dealkylation sites (N-methyl/N-ethyl adjacent to an activating group) is 1. The van der Waals surface area contributed by atoms with Crippen LogP contribution in [0.2, 0.25) is 0 Å². The lowest BCUT2D eigenvalue weighted by Gasteiger charge is -2.18. The van der Waals surface area contributed by atoms with E-state index in [-0.39, 0.29) is 34.9 Å². The van der Waals surface area contributed by atoms with Gasteiger partial charge in [0.15, 0.2) is 5.82 Å². The van der Waals surface area contributed by atoms with Crippen molar-refractivity contribution in [1.29, 1.82) is 5.26 Å². The van der Waals surface area contributed by atoms with E-state index in [9.17, 15) is 23.2 Å². The number of amides is 1. The molecule has 166 valence electrons. The minimum atomic E-state index is -4.66. The lowest BCUT2D eigenvalue weighted by molar-refractivity contribution is -0.141. The van der Waals surface area contributed by atoms with E-state index in [1.807, 2.05) is 18.0 Å². The summed E-state index contributed by atoms with van der Waals surface area (Å²) >= 11 is 0. The summed E-state index contributed by atoms with van der Waals surface area (Å²) in [5, 5.41) is 18.4. The minimum Gasteiger partial charge on any atom is -0.339 e. The zero-order valence-corrected chi connectivity index (χ0v) is 17.3. The van der Waals surface area contributed by atoms with Crippen molar-refractivity contribution in [3.05, 3.63) is 47.3 Å². The number of halogens is 3. The van der Waals surface area contributed by atoms with E-state index in [1.54, 1.807) is 18.2 Å². The number of hydrogen-bond acceptors (Lipinski definition) is 7. The molecule has 1 aromatic carbocycles. The Bertz CT molecular complexity index is 1150. The molecule has 32 heavy (non-hydrogen) atoms. The maximum absolute atomic E-state index is 13.1. The number of benzene rings is 1. The second kappa shape index (κ2) is 8.12. The van der Waals surface area contributed by atoms with Gasteiger partial charge < -0.3 is 16.0 Å². The van der Waals surface area contributed by atoms with Crippen LogP contribution in [-0.2, 0) is 11.0 Å². The molecule has 0 bridgehead atoms. The van der Waals surface area contributed by atoms with Gasteiger partial charge in [-0.3, -0.25) is 9.69 Å². The summed E-state index contributed by atoms with van der Waals surface area (Å²) in [5.74, 6) is -0.266. The Kier molecular flexibility index (Phi) is 5.48. The number of rotatable bonds is 3. The number of nitrogens with one attached hydrogen (secondary N) is 3. The van der Waals surface area contributed by atoms with Crippen molar-refractivity contribution in [2.75, 3.05) is 29.5 Å². The van der Waals surface area contributed by atoms with Crippen LogP contribution in [0.25, 0.3) is 5.57 Å². The summed E-state index contributed by atoms with van der Waals surface area (Å²) in [4.78, 5) is 22.1. The van der Waals surface area contributed by atoms with Gasteiger partial charge in [-0.1, -0.05) is 0 Å². The first-order valence-corrected chi connectivity index (χ1v) is 9.92. The van der Waals surface area contributed by atoms with Gasteiger partial charge in [0.05, 0.1) is 17.4 Å². The number of nitrogens with zero attached hydrogens (tertiary/aromatic N) is 4. The summed E-state index contributed by atoms with van der Waals surface area (Å²) in [6.07, 6.45) is -2.90. The van der Waals surface area contributed by atoms with E-state index in [0.717, 1.165) is 25.5 Å². The van der Waals surface area contributed by atoms with E-state index in [0.29, 0.717) is 17.1 Å². The minimum absolute atomic E-state index is 0.0908. The molecule has 1 atom stereocenters. The Morgan fingerprint density at radius 3 is 2.66 bits per heavy atom. The van der Waals surface area contributed by atoms with Crippen LogP contribution < -0.4 is 16.0 Å². The summed E-state index contributed by atoms with van der Waals surface area (Å²) in [5.41, 5.74) is 0.545. The molecule has 1 fully saturated rings. The highest BCUT2D eigenvalue weighted by molar-refractivity contribution is 5.97. The van der Waals surface area contributed by atoms with Crippen LogP contribution in [0, 0.1) is 18.3 Å². The highest BCUT2D eigenvalue weighted by Crippen LogP contribution is 2.36. The highest BCUT2D eigenvalue weighted by atomic mass is 19.4. The van der Waals surface area contributed by atoms with Crippen molar-refractivity contribution >= 4 is 28.5 Å². The topological polar surface area (TPSA) is 106 Å². The molecule has 0 spiro atoms. The van der Waals surface area contributed by atoms with Crippen molar-refractivity contribution in [1.82, 2.24) is 14.9 Å². The number of carbonyl (C=O) groups excluding carboxylic acids is 1. The predicted molar refractivity (Wildman–Crippen MR) is 112 cm³/mol. The number of anilines is 3. The number of carbonyl (C=O) groups is 1. The quantitative estimate of drug-likeness (QED) is 0.623. The van der Waals surface area contributed by atoms with E-state index in [4.69, 9.17) is 0 Å². The fourth-order valence-corrected chi connectivity index (χ4v) is 3.77. The van der Waals surface area contributed by atoms with Crippen LogP contribution in [-0.4, -0.2) is 40.4 Å². The molecule has 3 N–H and O–H groups in total. The van der Waals surface area contributed by atoms with Gasteiger partial charge in [-0.15, -0.1) is 0 Å². The number of aromatic nitrogens is 2. The van der Waals surface area contributed by atoms with E-state index >= 15 is 0 Å². The normalized spacial score (nSPS) is 19.6.